The third-order valence-electron chi connectivity index (χ3n) is 6.77. The molecule has 0 heterocycles. The fourth-order valence-corrected chi connectivity index (χ4v) is 5.83. The Labute approximate surface area is 200 Å². The first kappa shape index (κ1) is 26.0. The Kier molecular flexibility index (Phi) is 9.58. The van der Waals surface area contributed by atoms with Crippen LogP contribution in [0.25, 0.3) is 0 Å². The van der Waals surface area contributed by atoms with Gasteiger partial charge in [0.1, 0.15) is 4.90 Å². The normalized spacial score (nSPS) is 18.1. The average molecular weight is 501 g/mol. The summed E-state index contributed by atoms with van der Waals surface area (Å²) in [6.07, 6.45) is 12.8. The van der Waals surface area contributed by atoms with E-state index in [1.54, 1.807) is 0 Å². The highest BCUT2D eigenvalue weighted by molar-refractivity contribution is 7.86. The number of ether oxygens (including phenoxy) is 2. The van der Waals surface area contributed by atoms with Crippen molar-refractivity contribution in [3.63, 3.8) is 0 Å². The molecule has 0 aromatic heterocycles. The molecule has 2 fully saturated rings. The fourth-order valence-electron chi connectivity index (χ4n) is 4.91. The number of hydrogen-bond acceptors (Lipinski definition) is 6. The summed E-state index contributed by atoms with van der Waals surface area (Å²) >= 11 is 6.19. The summed E-state index contributed by atoms with van der Waals surface area (Å²) in [6.45, 7) is 0.239. The highest BCUT2D eigenvalue weighted by Crippen LogP contribution is 2.31. The molecule has 0 spiro atoms. The first-order valence-electron chi connectivity index (χ1n) is 11.9. The molecule has 0 bridgehead atoms. The lowest BCUT2D eigenvalue weighted by atomic mass is 9.87. The van der Waals surface area contributed by atoms with Gasteiger partial charge in [0.25, 0.3) is 10.1 Å². The van der Waals surface area contributed by atoms with Gasteiger partial charge in [0.15, 0.2) is 0 Å². The topological polar surface area (TPSA) is 107 Å². The van der Waals surface area contributed by atoms with Gasteiger partial charge in [-0.15, -0.1) is 0 Å². The smallest absolute Gasteiger partial charge is 0.340 e. The van der Waals surface area contributed by atoms with E-state index >= 15 is 0 Å². The van der Waals surface area contributed by atoms with E-state index < -0.39 is 38.1 Å². The van der Waals surface area contributed by atoms with Crippen LogP contribution in [0.1, 0.15) is 97.8 Å². The van der Waals surface area contributed by atoms with Crippen molar-refractivity contribution in [2.75, 3.05) is 13.2 Å². The van der Waals surface area contributed by atoms with Crippen LogP contribution >= 0.6 is 11.6 Å². The third-order valence-corrected chi connectivity index (χ3v) is 7.98. The van der Waals surface area contributed by atoms with E-state index in [2.05, 4.69) is 0 Å². The number of esters is 2. The summed E-state index contributed by atoms with van der Waals surface area (Å²) in [4.78, 5) is 25.0. The van der Waals surface area contributed by atoms with E-state index in [1.807, 2.05) is 0 Å². The van der Waals surface area contributed by atoms with Crippen LogP contribution in [0.5, 0.6) is 0 Å². The Morgan fingerprint density at radius 2 is 1.27 bits per heavy atom. The van der Waals surface area contributed by atoms with Gasteiger partial charge in [0.2, 0.25) is 0 Å². The predicted molar refractivity (Wildman–Crippen MR) is 124 cm³/mol. The molecule has 7 nitrogen and oxygen atoms in total. The lowest BCUT2D eigenvalue weighted by molar-refractivity contribution is 0.0424. The minimum atomic E-state index is -4.80. The molecule has 2 aliphatic rings. The van der Waals surface area contributed by atoms with E-state index in [0.717, 1.165) is 63.5 Å². The van der Waals surface area contributed by atoms with E-state index in [4.69, 9.17) is 21.1 Å². The minimum Gasteiger partial charge on any atom is -0.462 e. The van der Waals surface area contributed by atoms with E-state index in [9.17, 15) is 22.6 Å². The first-order valence-corrected chi connectivity index (χ1v) is 13.7. The number of carbonyl (C=O) groups excluding carboxylic acids is 2. The van der Waals surface area contributed by atoms with Crippen LogP contribution < -0.4 is 0 Å². The average Bonchev–Trinajstić information content (AvgIpc) is 2.79. The molecule has 2 saturated carbocycles. The minimum absolute atomic E-state index is 0.0943. The van der Waals surface area contributed by atoms with Crippen LogP contribution in [-0.4, -0.2) is 38.1 Å². The predicted octanol–water partition coefficient (Wildman–Crippen LogP) is 5.84. The summed E-state index contributed by atoms with van der Waals surface area (Å²) in [5, 5.41) is -0.135. The van der Waals surface area contributed by atoms with Crippen molar-refractivity contribution in [3.05, 3.63) is 28.3 Å². The molecule has 0 atom stereocenters. The molecule has 1 N–H and O–H groups in total. The molecule has 0 radical (unpaired) electrons. The molecule has 3 rings (SSSR count). The van der Waals surface area contributed by atoms with Crippen molar-refractivity contribution in [1.82, 2.24) is 0 Å². The van der Waals surface area contributed by atoms with Crippen molar-refractivity contribution >= 4 is 33.7 Å². The lowest BCUT2D eigenvalue weighted by Crippen LogP contribution is -2.21. The highest BCUT2D eigenvalue weighted by atomic mass is 35.5. The summed E-state index contributed by atoms with van der Waals surface area (Å²) in [5.74, 6) is -0.979. The standard InChI is InChI=1S/C24H33ClO7S/c25-19-11-12-20(33(28,29)30)22(24(27)32-16-14-18-9-5-2-6-10-18)21(19)23(26)31-15-13-17-7-3-1-4-8-17/h11-12,17-18H,1-10,13-16H2,(H,28,29,30). The Bertz CT molecular complexity index is 932. The number of carbonyl (C=O) groups is 2. The lowest BCUT2D eigenvalue weighted by Gasteiger charge is -2.22. The van der Waals surface area contributed by atoms with Crippen LogP contribution in [-0.2, 0) is 19.6 Å². The van der Waals surface area contributed by atoms with Gasteiger partial charge in [-0.2, -0.15) is 8.42 Å². The maximum absolute atomic E-state index is 12.9. The van der Waals surface area contributed by atoms with Crippen LogP contribution in [0.15, 0.2) is 17.0 Å². The fraction of sp³-hybridized carbons (Fsp3) is 0.667. The zero-order valence-electron chi connectivity index (χ0n) is 18.9. The van der Waals surface area contributed by atoms with Crippen LogP contribution in [0, 0.1) is 11.8 Å². The van der Waals surface area contributed by atoms with Crippen LogP contribution in [0.4, 0.5) is 0 Å². The first-order chi connectivity index (χ1) is 15.8. The van der Waals surface area contributed by atoms with Crippen LogP contribution in [0.2, 0.25) is 5.02 Å². The van der Waals surface area contributed by atoms with E-state index in [1.165, 1.54) is 12.8 Å². The zero-order chi connectivity index (χ0) is 23.8. The Hall–Kier alpha value is -1.64. The molecular weight excluding hydrogens is 468 g/mol. The molecule has 33 heavy (non-hydrogen) atoms. The van der Waals surface area contributed by atoms with E-state index in [-0.39, 0.29) is 18.2 Å². The SMILES string of the molecule is O=C(OCCC1CCCCC1)c1c(Cl)ccc(S(=O)(=O)O)c1C(=O)OCCC1CCCCC1. The summed E-state index contributed by atoms with van der Waals surface area (Å²) < 4.78 is 44.2. The van der Waals surface area contributed by atoms with Gasteiger partial charge in [-0.05, 0) is 36.8 Å². The Morgan fingerprint density at radius 3 is 1.73 bits per heavy atom. The van der Waals surface area contributed by atoms with Crippen molar-refractivity contribution < 1.29 is 32.0 Å². The molecule has 0 amide bonds. The number of halogens is 1. The molecule has 184 valence electrons. The van der Waals surface area contributed by atoms with Crippen molar-refractivity contribution in [1.29, 1.82) is 0 Å². The maximum Gasteiger partial charge on any atom is 0.340 e. The zero-order valence-corrected chi connectivity index (χ0v) is 20.5. The molecule has 0 aliphatic heterocycles. The second-order valence-electron chi connectivity index (χ2n) is 9.13. The summed E-state index contributed by atoms with van der Waals surface area (Å²) in [7, 11) is -4.80. The number of hydrogen-bond donors (Lipinski definition) is 1. The molecule has 0 saturated heterocycles. The molecule has 1 aromatic rings. The maximum atomic E-state index is 12.9. The van der Waals surface area contributed by atoms with Crippen molar-refractivity contribution in [2.45, 2.75) is 81.9 Å². The molecular formula is C24H33ClO7S. The Morgan fingerprint density at radius 1 is 0.818 bits per heavy atom. The number of benzene rings is 1. The van der Waals surface area contributed by atoms with Crippen molar-refractivity contribution in [3.8, 4) is 0 Å². The summed E-state index contributed by atoms with van der Waals surface area (Å²) in [5.41, 5.74) is -0.964. The van der Waals surface area contributed by atoms with Gasteiger partial charge in [0.05, 0.1) is 29.4 Å². The van der Waals surface area contributed by atoms with Gasteiger partial charge in [-0.25, -0.2) is 9.59 Å². The van der Waals surface area contributed by atoms with Crippen molar-refractivity contribution in [2.24, 2.45) is 11.8 Å². The number of rotatable bonds is 9. The van der Waals surface area contributed by atoms with Gasteiger partial charge in [-0.3, -0.25) is 4.55 Å². The molecule has 2 aliphatic carbocycles. The molecule has 1 aromatic carbocycles. The van der Waals surface area contributed by atoms with Gasteiger partial charge in [-0.1, -0.05) is 75.8 Å². The highest BCUT2D eigenvalue weighted by Gasteiger charge is 2.31. The monoisotopic (exact) mass is 500 g/mol. The van der Waals surface area contributed by atoms with Gasteiger partial charge < -0.3 is 9.47 Å². The van der Waals surface area contributed by atoms with Crippen LogP contribution in [0.3, 0.4) is 0 Å². The molecule has 9 heteroatoms. The molecule has 0 unspecified atom stereocenters. The van der Waals surface area contributed by atoms with Gasteiger partial charge >= 0.3 is 11.9 Å². The largest absolute Gasteiger partial charge is 0.462 e. The second kappa shape index (κ2) is 12.2. The third kappa shape index (κ3) is 7.42. The Balaban J connectivity index is 1.73. The quantitative estimate of drug-likeness (QED) is 0.335. The van der Waals surface area contributed by atoms with Gasteiger partial charge in [0, 0.05) is 0 Å². The summed E-state index contributed by atoms with van der Waals surface area (Å²) in [6, 6.07) is 2.15. The second-order valence-corrected chi connectivity index (χ2v) is 10.9. The van der Waals surface area contributed by atoms with E-state index in [0.29, 0.717) is 24.7 Å².